The van der Waals surface area contributed by atoms with Crippen LogP contribution in [0.25, 0.3) is 0 Å². The second-order valence-corrected chi connectivity index (χ2v) is 9.86. The van der Waals surface area contributed by atoms with Crippen LogP contribution < -0.4 is 29.9 Å². The van der Waals surface area contributed by atoms with Crippen LogP contribution in [0.4, 0.5) is 40.2 Å². The number of thiol groups is 1. The molecule has 1 heterocycles. The van der Waals surface area contributed by atoms with Crippen molar-refractivity contribution in [3.8, 4) is 5.75 Å². The number of likely N-dealkylation sites (N-methyl/N-ethyl adjacent to an activating group) is 2. The Balaban J connectivity index is 1.93. The van der Waals surface area contributed by atoms with Crippen molar-refractivity contribution in [2.45, 2.75) is 0 Å². The first-order valence-corrected chi connectivity index (χ1v) is 13.1. The van der Waals surface area contributed by atoms with E-state index in [4.69, 9.17) is 4.74 Å². The Labute approximate surface area is 230 Å². The Morgan fingerprint density at radius 2 is 1.74 bits per heavy atom. The summed E-state index contributed by atoms with van der Waals surface area (Å²) in [4.78, 5) is 25.1. The SMILES string of the molecule is C=CC(=O)Nc1cc(Nc2nccc(Nc3ccccc3N(C)[SH](=O)=O)n2)c(OC)cc1N(C)CCN(C)C. The highest BCUT2D eigenvalue weighted by Gasteiger charge is 2.17. The van der Waals surface area contributed by atoms with Gasteiger partial charge in [-0.15, -0.1) is 0 Å². The van der Waals surface area contributed by atoms with E-state index in [2.05, 4.69) is 37.4 Å². The Morgan fingerprint density at radius 1 is 1.00 bits per heavy atom. The zero-order valence-corrected chi connectivity index (χ0v) is 23.5. The van der Waals surface area contributed by atoms with Gasteiger partial charge in [0.25, 0.3) is 0 Å². The number of rotatable bonds is 13. The maximum Gasteiger partial charge on any atom is 0.247 e. The Bertz CT molecular complexity index is 1390. The second-order valence-electron chi connectivity index (χ2n) is 8.78. The lowest BCUT2D eigenvalue weighted by molar-refractivity contribution is -0.111. The van der Waals surface area contributed by atoms with E-state index in [9.17, 15) is 13.2 Å². The molecular formula is C26H34N8O4S. The number of hydrogen-bond donors (Lipinski definition) is 4. The summed E-state index contributed by atoms with van der Waals surface area (Å²) in [5, 5.41) is 9.16. The van der Waals surface area contributed by atoms with Gasteiger partial charge < -0.3 is 30.5 Å². The van der Waals surface area contributed by atoms with Crippen LogP contribution >= 0.6 is 0 Å². The van der Waals surface area contributed by atoms with Crippen LogP contribution in [0.1, 0.15) is 0 Å². The molecule has 0 saturated carbocycles. The van der Waals surface area contributed by atoms with Crippen LogP contribution in [0.5, 0.6) is 5.75 Å². The van der Waals surface area contributed by atoms with Crippen molar-refractivity contribution in [1.82, 2.24) is 14.9 Å². The predicted molar refractivity (Wildman–Crippen MR) is 157 cm³/mol. The number of hydrogen-bond acceptors (Lipinski definition) is 10. The normalized spacial score (nSPS) is 10.7. The minimum absolute atomic E-state index is 0.258. The fraction of sp³-hybridized carbons (Fsp3) is 0.269. The summed E-state index contributed by atoms with van der Waals surface area (Å²) in [6.07, 6.45) is 2.77. The number of benzene rings is 2. The molecule has 0 saturated heterocycles. The zero-order valence-electron chi connectivity index (χ0n) is 22.6. The van der Waals surface area contributed by atoms with E-state index in [1.807, 2.05) is 32.1 Å². The van der Waals surface area contributed by atoms with Crippen molar-refractivity contribution in [3.05, 3.63) is 61.3 Å². The summed E-state index contributed by atoms with van der Waals surface area (Å²) in [6, 6.07) is 12.2. The number of methoxy groups -OCH3 is 1. The fourth-order valence-corrected chi connectivity index (χ4v) is 3.95. The van der Waals surface area contributed by atoms with Crippen LogP contribution in [0.2, 0.25) is 0 Å². The van der Waals surface area contributed by atoms with Crippen molar-refractivity contribution < 1.29 is 17.9 Å². The predicted octanol–water partition coefficient (Wildman–Crippen LogP) is 3.06. The first kappa shape index (κ1) is 29.2. The molecule has 0 aliphatic carbocycles. The van der Waals surface area contributed by atoms with Crippen molar-refractivity contribution in [1.29, 1.82) is 0 Å². The molecule has 3 aromatic rings. The second kappa shape index (κ2) is 13.4. The van der Waals surface area contributed by atoms with Crippen LogP contribution in [-0.2, 0) is 15.7 Å². The number of para-hydroxylation sites is 2. The van der Waals surface area contributed by atoms with Gasteiger partial charge in [0, 0.05) is 39.4 Å². The Hall–Kier alpha value is -4.36. The minimum atomic E-state index is -2.81. The molecule has 1 aromatic heterocycles. The molecule has 39 heavy (non-hydrogen) atoms. The molecule has 12 nitrogen and oxygen atoms in total. The molecule has 0 aliphatic rings. The van der Waals surface area contributed by atoms with E-state index in [0.717, 1.165) is 16.5 Å². The molecule has 2 aromatic carbocycles. The lowest BCUT2D eigenvalue weighted by atomic mass is 10.2. The van der Waals surface area contributed by atoms with Gasteiger partial charge in [-0.2, -0.15) is 4.98 Å². The lowest BCUT2D eigenvalue weighted by Crippen LogP contribution is -2.29. The van der Waals surface area contributed by atoms with Gasteiger partial charge >= 0.3 is 0 Å². The highest BCUT2D eigenvalue weighted by Crippen LogP contribution is 2.38. The largest absolute Gasteiger partial charge is 0.494 e. The number of carbonyl (C=O) groups is 1. The summed E-state index contributed by atoms with van der Waals surface area (Å²) < 4.78 is 29.8. The third-order valence-corrected chi connectivity index (χ3v) is 6.42. The van der Waals surface area contributed by atoms with Gasteiger partial charge in [0.05, 0.1) is 35.5 Å². The smallest absolute Gasteiger partial charge is 0.247 e. The maximum absolute atomic E-state index is 12.2. The molecule has 0 bridgehead atoms. The molecule has 3 N–H and O–H groups in total. The van der Waals surface area contributed by atoms with E-state index >= 15 is 0 Å². The third-order valence-electron chi connectivity index (χ3n) is 5.72. The highest BCUT2D eigenvalue weighted by molar-refractivity contribution is 7.74. The molecule has 0 aliphatic heterocycles. The number of ether oxygens (including phenoxy) is 1. The summed E-state index contributed by atoms with van der Waals surface area (Å²) in [7, 11) is 6.14. The molecule has 208 valence electrons. The van der Waals surface area contributed by atoms with Gasteiger partial charge in [-0.1, -0.05) is 18.7 Å². The molecule has 0 unspecified atom stereocenters. The van der Waals surface area contributed by atoms with E-state index in [1.54, 1.807) is 49.7 Å². The van der Waals surface area contributed by atoms with Crippen molar-refractivity contribution in [3.63, 3.8) is 0 Å². The highest BCUT2D eigenvalue weighted by atomic mass is 32.2. The first-order chi connectivity index (χ1) is 18.6. The molecule has 0 atom stereocenters. The number of anilines is 7. The van der Waals surface area contributed by atoms with E-state index in [1.165, 1.54) is 13.1 Å². The summed E-state index contributed by atoms with van der Waals surface area (Å²) in [6.45, 7) is 5.08. The number of amides is 1. The average Bonchev–Trinajstić information content (AvgIpc) is 2.91. The van der Waals surface area contributed by atoms with Crippen LogP contribution in [-0.4, -0.2) is 77.6 Å². The van der Waals surface area contributed by atoms with E-state index in [-0.39, 0.29) is 11.9 Å². The van der Waals surface area contributed by atoms with Crippen molar-refractivity contribution in [2.24, 2.45) is 0 Å². The number of carbonyl (C=O) groups excluding carboxylic acids is 1. The minimum Gasteiger partial charge on any atom is -0.494 e. The zero-order chi connectivity index (χ0) is 28.5. The quantitative estimate of drug-likeness (QED) is 0.185. The first-order valence-electron chi connectivity index (χ1n) is 12.0. The Morgan fingerprint density at radius 3 is 2.41 bits per heavy atom. The van der Waals surface area contributed by atoms with Crippen LogP contribution in [0.15, 0.2) is 61.3 Å². The van der Waals surface area contributed by atoms with Crippen LogP contribution in [0, 0.1) is 0 Å². The molecule has 3 rings (SSSR count). The third kappa shape index (κ3) is 7.82. The fourth-order valence-electron chi connectivity index (χ4n) is 3.60. The number of nitrogens with zero attached hydrogens (tertiary/aromatic N) is 5. The van der Waals surface area contributed by atoms with E-state index < -0.39 is 10.9 Å². The van der Waals surface area contributed by atoms with Gasteiger partial charge in [-0.05, 0) is 44.4 Å². The summed E-state index contributed by atoms with van der Waals surface area (Å²) >= 11 is 0. The molecule has 0 fully saturated rings. The van der Waals surface area contributed by atoms with E-state index in [0.29, 0.717) is 40.9 Å². The summed E-state index contributed by atoms with van der Waals surface area (Å²) in [5.74, 6) is 0.869. The van der Waals surface area contributed by atoms with Gasteiger partial charge in [-0.3, -0.25) is 9.10 Å². The van der Waals surface area contributed by atoms with Gasteiger partial charge in [0.15, 0.2) is 0 Å². The maximum atomic E-state index is 12.2. The van der Waals surface area contributed by atoms with Crippen LogP contribution in [0.3, 0.4) is 0 Å². The molecule has 0 spiro atoms. The molecular weight excluding hydrogens is 520 g/mol. The van der Waals surface area contributed by atoms with Gasteiger partial charge in [0.1, 0.15) is 11.6 Å². The molecule has 0 radical (unpaired) electrons. The number of nitrogens with one attached hydrogen (secondary N) is 3. The standard InChI is InChI=1S/C26H34N8O4S/c1-7-25(35)29-19-16-20(23(38-6)17-22(19)33(4)15-14-32(2)3)30-26-27-13-12-24(31-26)28-18-10-8-9-11-21(18)34(5)39(36)37/h7-13,16-17,39H,1,14-15H2,2-6H3,(H,29,35)(H2,27,28,30,31). The van der Waals surface area contributed by atoms with Crippen molar-refractivity contribution in [2.75, 3.05) is 73.5 Å². The number of aromatic nitrogens is 2. The average molecular weight is 555 g/mol. The van der Waals surface area contributed by atoms with Gasteiger partial charge in [-0.25, -0.2) is 13.4 Å². The topological polar surface area (TPSA) is 132 Å². The monoisotopic (exact) mass is 554 g/mol. The Kier molecular flexibility index (Phi) is 10.1. The van der Waals surface area contributed by atoms with Crippen molar-refractivity contribution >= 4 is 57.0 Å². The molecule has 1 amide bonds. The lowest BCUT2D eigenvalue weighted by Gasteiger charge is -2.26. The van der Waals surface area contributed by atoms with Gasteiger partial charge in [0.2, 0.25) is 22.7 Å². The summed E-state index contributed by atoms with van der Waals surface area (Å²) in [5.41, 5.74) is 2.88. The molecule has 13 heteroatoms.